The zero-order valence-corrected chi connectivity index (χ0v) is 20.3. The second-order valence-electron chi connectivity index (χ2n) is 7.42. The predicted molar refractivity (Wildman–Crippen MR) is 131 cm³/mol. The number of halogens is 1. The van der Waals surface area contributed by atoms with Crippen LogP contribution < -0.4 is 10.6 Å². The average Bonchev–Trinajstić information content (AvgIpc) is 2.66. The number of rotatable bonds is 8. The Balaban J connectivity index is 0.00000364. The molecule has 5 nitrogen and oxygen atoms in total. The minimum Gasteiger partial charge on any atom is -0.355 e. The van der Waals surface area contributed by atoms with Crippen molar-refractivity contribution in [2.45, 2.75) is 25.1 Å². The highest BCUT2D eigenvalue weighted by atomic mass is 127. The molecule has 0 aromatic heterocycles. The van der Waals surface area contributed by atoms with E-state index in [1.54, 1.807) is 0 Å². The van der Waals surface area contributed by atoms with E-state index in [4.69, 9.17) is 0 Å². The molecule has 0 bridgehead atoms. The molecule has 0 radical (unpaired) electrons. The lowest BCUT2D eigenvalue weighted by Gasteiger charge is -2.34. The van der Waals surface area contributed by atoms with Crippen LogP contribution in [0, 0.1) is 0 Å². The molecule has 154 valence electrons. The Morgan fingerprint density at radius 2 is 1.70 bits per heavy atom. The number of guanidine groups is 1. The van der Waals surface area contributed by atoms with Gasteiger partial charge in [0.2, 0.25) is 0 Å². The molecule has 0 unspecified atom stereocenters. The summed E-state index contributed by atoms with van der Waals surface area (Å²) in [5.74, 6) is 0.898. The summed E-state index contributed by atoms with van der Waals surface area (Å²) in [6.45, 7) is 13.0. The van der Waals surface area contributed by atoms with Gasteiger partial charge in [0.15, 0.2) is 5.96 Å². The standard InChI is InChI=1S/C20H35N5S.HI/c1-20(2,26-4)17-23-19(21-3)22-10-11-24-12-14-25(15-13-24)16-18-8-6-5-7-9-18;/h5-9H,10-17H2,1-4H3,(H2,21,22,23);1H. The summed E-state index contributed by atoms with van der Waals surface area (Å²) in [6.07, 6.45) is 2.15. The second-order valence-corrected chi connectivity index (χ2v) is 8.93. The molecule has 0 atom stereocenters. The van der Waals surface area contributed by atoms with Crippen LogP contribution in [0.1, 0.15) is 19.4 Å². The van der Waals surface area contributed by atoms with Gasteiger partial charge in [-0.15, -0.1) is 24.0 Å². The fourth-order valence-corrected chi connectivity index (χ4v) is 3.15. The van der Waals surface area contributed by atoms with E-state index in [1.807, 2.05) is 18.8 Å². The normalized spacial score (nSPS) is 16.7. The van der Waals surface area contributed by atoms with E-state index in [0.29, 0.717) is 0 Å². The highest BCUT2D eigenvalue weighted by Gasteiger charge is 2.18. The first-order valence-electron chi connectivity index (χ1n) is 9.51. The summed E-state index contributed by atoms with van der Waals surface area (Å²) in [4.78, 5) is 9.41. The zero-order valence-electron chi connectivity index (χ0n) is 17.2. The van der Waals surface area contributed by atoms with Crippen LogP contribution in [0.2, 0.25) is 0 Å². The number of nitrogens with zero attached hydrogens (tertiary/aromatic N) is 3. The Morgan fingerprint density at radius 1 is 1.07 bits per heavy atom. The first-order valence-corrected chi connectivity index (χ1v) is 10.7. The van der Waals surface area contributed by atoms with Crippen molar-refractivity contribution in [3.05, 3.63) is 35.9 Å². The quantitative estimate of drug-likeness (QED) is 0.323. The third-order valence-corrected chi connectivity index (χ3v) is 6.14. The predicted octanol–water partition coefficient (Wildman–Crippen LogP) is 2.73. The number of aliphatic imine (C=N–C) groups is 1. The van der Waals surface area contributed by atoms with Gasteiger partial charge in [-0.25, -0.2) is 0 Å². The Hall–Kier alpha value is -0.510. The van der Waals surface area contributed by atoms with Gasteiger partial charge >= 0.3 is 0 Å². The molecule has 0 spiro atoms. The molecule has 0 amide bonds. The van der Waals surface area contributed by atoms with Crippen LogP contribution in [0.3, 0.4) is 0 Å². The van der Waals surface area contributed by atoms with Crippen molar-refractivity contribution in [2.24, 2.45) is 4.99 Å². The molecule has 1 aliphatic heterocycles. The average molecular weight is 506 g/mol. The van der Waals surface area contributed by atoms with E-state index in [-0.39, 0.29) is 28.7 Å². The minimum absolute atomic E-state index is 0. The summed E-state index contributed by atoms with van der Waals surface area (Å²) in [6, 6.07) is 10.8. The lowest BCUT2D eigenvalue weighted by Crippen LogP contribution is -2.49. The van der Waals surface area contributed by atoms with E-state index >= 15 is 0 Å². The fourth-order valence-electron chi connectivity index (χ4n) is 2.93. The third kappa shape index (κ3) is 9.49. The second kappa shape index (κ2) is 12.9. The lowest BCUT2D eigenvalue weighted by atomic mass is 10.2. The number of piperazine rings is 1. The molecule has 1 fully saturated rings. The van der Waals surface area contributed by atoms with E-state index in [1.165, 1.54) is 5.56 Å². The molecule has 2 rings (SSSR count). The van der Waals surface area contributed by atoms with Crippen molar-refractivity contribution < 1.29 is 0 Å². The highest BCUT2D eigenvalue weighted by Crippen LogP contribution is 2.19. The largest absolute Gasteiger partial charge is 0.355 e. The SMILES string of the molecule is CN=C(NCCN1CCN(Cc2ccccc2)CC1)NCC(C)(C)SC.I. The van der Waals surface area contributed by atoms with Gasteiger partial charge in [0, 0.05) is 64.2 Å². The summed E-state index contributed by atoms with van der Waals surface area (Å²) in [7, 11) is 1.84. The van der Waals surface area contributed by atoms with Gasteiger partial charge in [0.25, 0.3) is 0 Å². The van der Waals surface area contributed by atoms with Gasteiger partial charge in [-0.3, -0.25) is 14.8 Å². The molecule has 1 heterocycles. The van der Waals surface area contributed by atoms with Gasteiger partial charge < -0.3 is 10.6 Å². The van der Waals surface area contributed by atoms with E-state index in [0.717, 1.165) is 58.3 Å². The summed E-state index contributed by atoms with van der Waals surface area (Å²) in [5, 5.41) is 6.86. The molecule has 1 aromatic carbocycles. The first kappa shape index (κ1) is 24.5. The Labute approximate surface area is 186 Å². The Bertz CT molecular complexity index is 545. The van der Waals surface area contributed by atoms with Crippen LogP contribution in [0.4, 0.5) is 0 Å². The van der Waals surface area contributed by atoms with E-state index < -0.39 is 0 Å². The van der Waals surface area contributed by atoms with Crippen molar-refractivity contribution in [3.8, 4) is 0 Å². The molecule has 1 saturated heterocycles. The first-order chi connectivity index (χ1) is 12.5. The molecule has 7 heteroatoms. The highest BCUT2D eigenvalue weighted by molar-refractivity contribution is 14.0. The molecule has 27 heavy (non-hydrogen) atoms. The summed E-state index contributed by atoms with van der Waals surface area (Å²) in [5.41, 5.74) is 1.41. The molecule has 1 aliphatic rings. The van der Waals surface area contributed by atoms with E-state index in [2.05, 4.69) is 75.9 Å². The summed E-state index contributed by atoms with van der Waals surface area (Å²) >= 11 is 1.87. The van der Waals surface area contributed by atoms with Crippen molar-refractivity contribution in [1.29, 1.82) is 0 Å². The smallest absolute Gasteiger partial charge is 0.191 e. The van der Waals surface area contributed by atoms with Crippen LogP contribution in [-0.4, -0.2) is 79.6 Å². The molecule has 0 saturated carbocycles. The molecular weight excluding hydrogens is 469 g/mol. The van der Waals surface area contributed by atoms with Crippen LogP contribution in [-0.2, 0) is 6.54 Å². The van der Waals surface area contributed by atoms with E-state index in [9.17, 15) is 0 Å². The maximum Gasteiger partial charge on any atom is 0.191 e. The van der Waals surface area contributed by atoms with Gasteiger partial charge in [-0.05, 0) is 25.7 Å². The lowest BCUT2D eigenvalue weighted by molar-refractivity contribution is 0.129. The number of thioether (sulfide) groups is 1. The third-order valence-electron chi connectivity index (χ3n) is 4.89. The van der Waals surface area contributed by atoms with Crippen molar-refractivity contribution in [3.63, 3.8) is 0 Å². The monoisotopic (exact) mass is 505 g/mol. The van der Waals surface area contributed by atoms with Gasteiger partial charge in [-0.1, -0.05) is 30.3 Å². The molecule has 2 N–H and O–H groups in total. The molecule has 1 aromatic rings. The molecule has 0 aliphatic carbocycles. The van der Waals surface area contributed by atoms with Gasteiger partial charge in [0.05, 0.1) is 0 Å². The number of nitrogens with one attached hydrogen (secondary N) is 2. The van der Waals surface area contributed by atoms with Gasteiger partial charge in [-0.2, -0.15) is 11.8 Å². The minimum atomic E-state index is 0. The number of hydrogen-bond donors (Lipinski definition) is 2. The Morgan fingerprint density at radius 3 is 2.30 bits per heavy atom. The fraction of sp³-hybridized carbons (Fsp3) is 0.650. The summed E-state index contributed by atoms with van der Waals surface area (Å²) < 4.78 is 0.215. The molecular formula is C20H36IN5S. The van der Waals surface area contributed by atoms with Crippen molar-refractivity contribution >= 4 is 41.7 Å². The maximum atomic E-state index is 4.33. The van der Waals surface area contributed by atoms with Crippen LogP contribution in [0.15, 0.2) is 35.3 Å². The topological polar surface area (TPSA) is 42.9 Å². The zero-order chi connectivity index (χ0) is 18.8. The Kier molecular flexibility index (Phi) is 11.7. The number of benzene rings is 1. The number of hydrogen-bond acceptors (Lipinski definition) is 4. The maximum absolute atomic E-state index is 4.33. The van der Waals surface area contributed by atoms with Gasteiger partial charge in [0.1, 0.15) is 0 Å². The van der Waals surface area contributed by atoms with Crippen LogP contribution >= 0.6 is 35.7 Å². The van der Waals surface area contributed by atoms with Crippen LogP contribution in [0.25, 0.3) is 0 Å². The van der Waals surface area contributed by atoms with Crippen LogP contribution in [0.5, 0.6) is 0 Å². The van der Waals surface area contributed by atoms with Crippen molar-refractivity contribution in [1.82, 2.24) is 20.4 Å². The van der Waals surface area contributed by atoms with Crippen molar-refractivity contribution in [2.75, 3.05) is 59.1 Å².